The van der Waals surface area contributed by atoms with Crippen molar-refractivity contribution in [3.63, 3.8) is 0 Å². The van der Waals surface area contributed by atoms with Crippen LogP contribution >= 0.6 is 11.3 Å². The highest BCUT2D eigenvalue weighted by Crippen LogP contribution is 2.12. The van der Waals surface area contributed by atoms with Crippen LogP contribution in [0.3, 0.4) is 0 Å². The van der Waals surface area contributed by atoms with Gasteiger partial charge in [-0.25, -0.2) is 4.98 Å². The summed E-state index contributed by atoms with van der Waals surface area (Å²) in [6.07, 6.45) is 1.36. The lowest BCUT2D eigenvalue weighted by Crippen LogP contribution is -2.37. The van der Waals surface area contributed by atoms with Crippen LogP contribution in [-0.2, 0) is 11.2 Å². The Morgan fingerprint density at radius 1 is 1.81 bits per heavy atom. The summed E-state index contributed by atoms with van der Waals surface area (Å²) in [4.78, 5) is 18.0. The minimum absolute atomic E-state index is 0.0330. The highest BCUT2D eigenvalue weighted by molar-refractivity contribution is 7.13. The highest BCUT2D eigenvalue weighted by Gasteiger charge is 2.21. The Hall–Kier alpha value is -1.14. The molecule has 1 saturated heterocycles. The second-order valence-corrected chi connectivity index (χ2v) is 5.06. The van der Waals surface area contributed by atoms with E-state index in [9.17, 15) is 4.79 Å². The molecule has 3 N–H and O–H groups in total. The number of nitrogens with one attached hydrogen (secondary N) is 1. The van der Waals surface area contributed by atoms with Gasteiger partial charge in [-0.15, -0.1) is 11.3 Å². The van der Waals surface area contributed by atoms with Gasteiger partial charge in [-0.2, -0.15) is 0 Å². The summed E-state index contributed by atoms with van der Waals surface area (Å²) in [7, 11) is 2.06. The van der Waals surface area contributed by atoms with E-state index in [4.69, 9.17) is 5.73 Å². The van der Waals surface area contributed by atoms with Gasteiger partial charge in [0.25, 0.3) is 0 Å². The van der Waals surface area contributed by atoms with Gasteiger partial charge in [-0.1, -0.05) is 0 Å². The minimum Gasteiger partial charge on any atom is -0.375 e. The van der Waals surface area contributed by atoms with Crippen molar-refractivity contribution in [2.75, 3.05) is 25.9 Å². The number of hydrogen-bond acceptors (Lipinski definition) is 5. The largest absolute Gasteiger partial charge is 0.375 e. The van der Waals surface area contributed by atoms with Crippen LogP contribution in [0.25, 0.3) is 0 Å². The zero-order valence-corrected chi connectivity index (χ0v) is 10.1. The molecule has 1 amide bonds. The molecule has 0 saturated carbocycles. The molecule has 6 heteroatoms. The van der Waals surface area contributed by atoms with Crippen LogP contribution in [0.1, 0.15) is 12.1 Å². The van der Waals surface area contributed by atoms with Gasteiger partial charge in [0.05, 0.1) is 12.1 Å². The fraction of sp³-hybridized carbons (Fsp3) is 0.600. The molecular weight excluding hydrogens is 224 g/mol. The number of rotatable bonds is 3. The molecule has 1 fully saturated rings. The Bertz CT molecular complexity index is 379. The van der Waals surface area contributed by atoms with Gasteiger partial charge < -0.3 is 16.0 Å². The van der Waals surface area contributed by atoms with Crippen LogP contribution in [0, 0.1) is 0 Å². The average molecular weight is 240 g/mol. The van der Waals surface area contributed by atoms with E-state index in [-0.39, 0.29) is 11.9 Å². The van der Waals surface area contributed by atoms with E-state index in [0.717, 1.165) is 25.2 Å². The third-order valence-corrected chi connectivity index (χ3v) is 3.39. The predicted octanol–water partition coefficient (Wildman–Crippen LogP) is 0.0881. The minimum atomic E-state index is 0.0330. The van der Waals surface area contributed by atoms with Gasteiger partial charge in [0.2, 0.25) is 5.91 Å². The number of likely N-dealkylation sites (tertiary alicyclic amines) is 1. The number of carbonyl (C=O) groups excluding carboxylic acids is 1. The molecule has 1 unspecified atom stereocenters. The number of hydrogen-bond donors (Lipinski definition) is 2. The Morgan fingerprint density at radius 2 is 2.62 bits per heavy atom. The Balaban J connectivity index is 1.80. The number of carbonyl (C=O) groups is 1. The SMILES string of the molecule is CN1CCC(NC(=O)Cc2csc(N)n2)C1. The molecule has 1 aromatic rings. The topological polar surface area (TPSA) is 71.2 Å². The molecule has 5 nitrogen and oxygen atoms in total. The van der Waals surface area contributed by atoms with Crippen molar-refractivity contribution in [1.82, 2.24) is 15.2 Å². The summed E-state index contributed by atoms with van der Waals surface area (Å²) in [6, 6.07) is 0.286. The number of nitrogens with zero attached hydrogens (tertiary/aromatic N) is 2. The van der Waals surface area contributed by atoms with Crippen molar-refractivity contribution in [3.8, 4) is 0 Å². The molecule has 0 radical (unpaired) electrons. The first-order chi connectivity index (χ1) is 7.63. The van der Waals surface area contributed by atoms with Crippen LogP contribution in [0.4, 0.5) is 5.13 Å². The van der Waals surface area contributed by atoms with E-state index in [2.05, 4.69) is 22.2 Å². The fourth-order valence-electron chi connectivity index (χ4n) is 1.90. The molecule has 1 aliphatic rings. The van der Waals surface area contributed by atoms with Crippen LogP contribution < -0.4 is 11.1 Å². The molecule has 1 atom stereocenters. The molecule has 1 aromatic heterocycles. The molecule has 1 aliphatic heterocycles. The van der Waals surface area contributed by atoms with Crippen molar-refractivity contribution in [3.05, 3.63) is 11.1 Å². The monoisotopic (exact) mass is 240 g/mol. The van der Waals surface area contributed by atoms with Crippen LogP contribution in [0.5, 0.6) is 0 Å². The maximum Gasteiger partial charge on any atom is 0.226 e. The summed E-state index contributed by atoms with van der Waals surface area (Å²) in [5.41, 5.74) is 6.26. The maximum absolute atomic E-state index is 11.7. The van der Waals surface area contributed by atoms with Crippen molar-refractivity contribution in [2.45, 2.75) is 18.9 Å². The molecule has 2 rings (SSSR count). The van der Waals surface area contributed by atoms with Crippen molar-refractivity contribution >= 4 is 22.4 Å². The summed E-state index contributed by atoms with van der Waals surface area (Å²) < 4.78 is 0. The number of aromatic nitrogens is 1. The van der Waals surface area contributed by atoms with Crippen molar-refractivity contribution in [2.24, 2.45) is 0 Å². The van der Waals surface area contributed by atoms with Crippen LogP contribution in [-0.4, -0.2) is 42.0 Å². The van der Waals surface area contributed by atoms with Crippen molar-refractivity contribution < 1.29 is 4.79 Å². The third kappa shape index (κ3) is 2.93. The second kappa shape index (κ2) is 4.80. The van der Waals surface area contributed by atoms with Crippen LogP contribution in [0.2, 0.25) is 0 Å². The Kier molecular flexibility index (Phi) is 3.40. The normalized spacial score (nSPS) is 21.2. The molecule has 2 heterocycles. The number of anilines is 1. The van der Waals surface area contributed by atoms with Gasteiger partial charge in [0.1, 0.15) is 0 Å². The van der Waals surface area contributed by atoms with Gasteiger partial charge in [0.15, 0.2) is 5.13 Å². The summed E-state index contributed by atoms with van der Waals surface area (Å²) >= 11 is 1.37. The summed E-state index contributed by atoms with van der Waals surface area (Å²) in [6.45, 7) is 1.99. The van der Waals surface area contributed by atoms with Crippen LogP contribution in [0.15, 0.2) is 5.38 Å². The molecule has 16 heavy (non-hydrogen) atoms. The quantitative estimate of drug-likeness (QED) is 0.785. The Labute approximate surface area is 98.7 Å². The molecule has 0 spiro atoms. The van der Waals surface area contributed by atoms with Gasteiger partial charge >= 0.3 is 0 Å². The zero-order chi connectivity index (χ0) is 11.5. The van der Waals surface area contributed by atoms with E-state index in [1.807, 2.05) is 5.38 Å². The average Bonchev–Trinajstić information content (AvgIpc) is 2.76. The predicted molar refractivity (Wildman–Crippen MR) is 64.3 cm³/mol. The lowest BCUT2D eigenvalue weighted by Gasteiger charge is -2.12. The standard InChI is InChI=1S/C10H16N4OS/c1-14-3-2-7(5-14)12-9(15)4-8-6-16-10(11)13-8/h6-7H,2-5H2,1H3,(H2,11,13)(H,12,15). The number of nitrogen functional groups attached to an aromatic ring is 1. The first kappa shape index (κ1) is 11.3. The zero-order valence-electron chi connectivity index (χ0n) is 9.27. The van der Waals surface area contributed by atoms with Gasteiger partial charge in [-0.05, 0) is 20.0 Å². The fourth-order valence-corrected chi connectivity index (χ4v) is 2.46. The van der Waals surface area contributed by atoms with Gasteiger partial charge in [-0.3, -0.25) is 4.79 Å². The molecular formula is C10H16N4OS. The molecule has 0 aliphatic carbocycles. The number of likely N-dealkylation sites (N-methyl/N-ethyl adjacent to an activating group) is 1. The van der Waals surface area contributed by atoms with E-state index in [1.54, 1.807) is 0 Å². The Morgan fingerprint density at radius 3 is 3.19 bits per heavy atom. The van der Waals surface area contributed by atoms with Gasteiger partial charge in [0, 0.05) is 18.0 Å². The number of amides is 1. The number of nitrogens with two attached hydrogens (primary N) is 1. The first-order valence-electron chi connectivity index (χ1n) is 5.31. The lowest BCUT2D eigenvalue weighted by atomic mass is 10.2. The highest BCUT2D eigenvalue weighted by atomic mass is 32.1. The van der Waals surface area contributed by atoms with Crippen molar-refractivity contribution in [1.29, 1.82) is 0 Å². The summed E-state index contributed by atoms with van der Waals surface area (Å²) in [5.74, 6) is 0.0330. The third-order valence-electron chi connectivity index (χ3n) is 2.67. The molecule has 0 aromatic carbocycles. The molecule has 0 bridgehead atoms. The smallest absolute Gasteiger partial charge is 0.226 e. The lowest BCUT2D eigenvalue weighted by molar-refractivity contribution is -0.121. The van der Waals surface area contributed by atoms with E-state index >= 15 is 0 Å². The maximum atomic E-state index is 11.7. The van der Waals surface area contributed by atoms with E-state index < -0.39 is 0 Å². The number of thiazole rings is 1. The first-order valence-corrected chi connectivity index (χ1v) is 6.19. The van der Waals surface area contributed by atoms with E-state index in [1.165, 1.54) is 11.3 Å². The summed E-state index contributed by atoms with van der Waals surface area (Å²) in [5, 5.41) is 5.36. The van der Waals surface area contributed by atoms with E-state index in [0.29, 0.717) is 11.6 Å². The molecule has 88 valence electrons. The second-order valence-electron chi connectivity index (χ2n) is 4.17.